The Hall–Kier alpha value is -2.49. The van der Waals surface area contributed by atoms with Crippen LogP contribution in [0.4, 0.5) is 22.0 Å². The van der Waals surface area contributed by atoms with Gasteiger partial charge in [0.25, 0.3) is 0 Å². The Bertz CT molecular complexity index is 1260. The van der Waals surface area contributed by atoms with E-state index in [1.165, 1.54) is 25.2 Å². The van der Waals surface area contributed by atoms with Crippen molar-refractivity contribution < 1.29 is 35.2 Å². The highest BCUT2D eigenvalue weighted by Gasteiger charge is 2.60. The van der Waals surface area contributed by atoms with Crippen LogP contribution in [0, 0.1) is 17.7 Å². The summed E-state index contributed by atoms with van der Waals surface area (Å²) in [5.41, 5.74) is -3.43. The van der Waals surface area contributed by atoms with Gasteiger partial charge in [-0.15, -0.1) is 0 Å². The number of fused-ring (bicyclic) bond motifs is 3. The van der Waals surface area contributed by atoms with Crippen LogP contribution >= 0.6 is 0 Å². The van der Waals surface area contributed by atoms with Crippen molar-refractivity contribution in [2.45, 2.75) is 66.9 Å². The topological polar surface area (TPSA) is 63.2 Å². The molecule has 0 aliphatic heterocycles. The number of alkyl halides is 4. The Morgan fingerprint density at radius 1 is 1.08 bits per heavy atom. The Balaban J connectivity index is 1.86. The predicted octanol–water partition coefficient (Wildman–Crippen LogP) is 5.74. The van der Waals surface area contributed by atoms with Gasteiger partial charge in [0.05, 0.1) is 4.90 Å². The molecule has 2 aromatic rings. The average Bonchev–Trinajstić information content (AvgIpc) is 3.22. The highest BCUT2D eigenvalue weighted by Crippen LogP contribution is 2.60. The molecule has 1 saturated carbocycles. The van der Waals surface area contributed by atoms with Gasteiger partial charge in [-0.25, -0.2) is 17.2 Å². The number of carbonyl (C=O) groups is 1. The smallest absolute Gasteiger partial charge is 0.359 e. The largest absolute Gasteiger partial charge is 0.426 e. The summed E-state index contributed by atoms with van der Waals surface area (Å²) >= 11 is 0. The van der Waals surface area contributed by atoms with E-state index >= 15 is 0 Å². The molecule has 1 amide bonds. The van der Waals surface area contributed by atoms with E-state index in [1.54, 1.807) is 0 Å². The van der Waals surface area contributed by atoms with Gasteiger partial charge in [0.2, 0.25) is 11.6 Å². The molecule has 0 radical (unpaired) electrons. The second-order valence-electron chi connectivity index (χ2n) is 9.88. The van der Waals surface area contributed by atoms with Gasteiger partial charge in [-0.2, -0.15) is 13.2 Å². The van der Waals surface area contributed by atoms with Gasteiger partial charge >= 0.3 is 6.18 Å². The van der Waals surface area contributed by atoms with E-state index < -0.39 is 43.7 Å². The summed E-state index contributed by atoms with van der Waals surface area (Å²) in [6.07, 6.45) is -3.07. The number of sulfone groups is 1. The summed E-state index contributed by atoms with van der Waals surface area (Å²) in [6, 6.07) is 7.98. The number of hydrogen-bond donors (Lipinski definition) is 1. The molecule has 0 saturated heterocycles. The van der Waals surface area contributed by atoms with E-state index in [-0.39, 0.29) is 29.6 Å². The summed E-state index contributed by atoms with van der Waals surface area (Å²) in [6.45, 7) is 0.454. The van der Waals surface area contributed by atoms with Gasteiger partial charge in [0.15, 0.2) is 9.84 Å². The second kappa shape index (κ2) is 9.11. The summed E-state index contributed by atoms with van der Waals surface area (Å²) in [7, 11) is -2.61. The lowest BCUT2D eigenvalue weighted by atomic mass is 9.72. The fraction of sp³-hybridized carbons (Fsp3) is 0.500. The third-order valence-corrected chi connectivity index (χ3v) is 10.6. The molecule has 36 heavy (non-hydrogen) atoms. The standard InChI is InChI=1S/C26H28F5NO3S/c1-24(28,26(29,30)31)18-5-11-22-17(15-18)3-10-21-16(4-12-23(33)32-2)13-14-25(21,22)36(34,35)20-8-6-19(27)7-9-20/h5-9,11,15-16,21H,3-4,10,12-14H2,1-2H3,(H,32,33)/t16-,21+,24?,25+/m1/s1. The number of hydrogen-bond acceptors (Lipinski definition) is 3. The highest BCUT2D eigenvalue weighted by atomic mass is 32.2. The third kappa shape index (κ3) is 4.11. The van der Waals surface area contributed by atoms with Crippen LogP contribution in [0.5, 0.6) is 0 Å². The van der Waals surface area contributed by atoms with Crippen molar-refractivity contribution in [3.8, 4) is 0 Å². The molecule has 1 fully saturated rings. The molecular weight excluding hydrogens is 501 g/mol. The first-order valence-corrected chi connectivity index (χ1v) is 13.3. The summed E-state index contributed by atoms with van der Waals surface area (Å²) in [5.74, 6) is -1.26. The molecule has 1 unspecified atom stereocenters. The molecule has 4 rings (SSSR count). The van der Waals surface area contributed by atoms with Gasteiger partial charge in [-0.05, 0) is 91.8 Å². The first kappa shape index (κ1) is 26.6. The van der Waals surface area contributed by atoms with Crippen LogP contribution in [0.1, 0.15) is 55.7 Å². The number of benzene rings is 2. The lowest BCUT2D eigenvalue weighted by Gasteiger charge is -2.43. The van der Waals surface area contributed by atoms with Crippen LogP contribution in [0.2, 0.25) is 0 Å². The van der Waals surface area contributed by atoms with Crippen LogP contribution in [-0.4, -0.2) is 27.5 Å². The average molecular weight is 530 g/mol. The number of carbonyl (C=O) groups excluding carboxylic acids is 1. The lowest BCUT2D eigenvalue weighted by Crippen LogP contribution is -2.45. The molecule has 4 atom stereocenters. The molecule has 2 aromatic carbocycles. The zero-order valence-electron chi connectivity index (χ0n) is 20.0. The van der Waals surface area contributed by atoms with Crippen LogP contribution in [0.3, 0.4) is 0 Å². The quantitative estimate of drug-likeness (QED) is 0.384. The zero-order valence-corrected chi connectivity index (χ0v) is 20.8. The maximum atomic E-state index is 14.8. The van der Waals surface area contributed by atoms with Crippen molar-refractivity contribution in [3.05, 3.63) is 65.0 Å². The van der Waals surface area contributed by atoms with Crippen molar-refractivity contribution >= 4 is 15.7 Å². The highest BCUT2D eigenvalue weighted by molar-refractivity contribution is 7.92. The van der Waals surface area contributed by atoms with Crippen molar-refractivity contribution in [1.82, 2.24) is 5.32 Å². The second-order valence-corrected chi connectivity index (χ2v) is 12.1. The molecule has 1 N–H and O–H groups in total. The van der Waals surface area contributed by atoms with Crippen molar-refractivity contribution in [3.63, 3.8) is 0 Å². The van der Waals surface area contributed by atoms with E-state index in [0.717, 1.165) is 24.3 Å². The predicted molar refractivity (Wildman–Crippen MR) is 124 cm³/mol. The van der Waals surface area contributed by atoms with Gasteiger partial charge in [-0.1, -0.05) is 18.2 Å². The van der Waals surface area contributed by atoms with E-state index in [9.17, 15) is 35.2 Å². The minimum absolute atomic E-state index is 0.0802. The SMILES string of the molecule is CNC(=O)CC[C@@H]1CC[C@@]2(S(=O)(=O)c3ccc(F)cc3)c3ccc(C(C)(F)C(F)(F)F)cc3CC[C@@H]12. The fourth-order valence-electron chi connectivity index (χ4n) is 6.04. The first-order chi connectivity index (χ1) is 16.8. The van der Waals surface area contributed by atoms with Crippen molar-refractivity contribution in [2.24, 2.45) is 11.8 Å². The van der Waals surface area contributed by atoms with Crippen molar-refractivity contribution in [1.29, 1.82) is 0 Å². The molecule has 4 nitrogen and oxygen atoms in total. The van der Waals surface area contributed by atoms with Gasteiger partial charge < -0.3 is 5.32 Å². The molecule has 0 bridgehead atoms. The Morgan fingerprint density at radius 3 is 2.36 bits per heavy atom. The van der Waals surface area contributed by atoms with E-state index in [0.29, 0.717) is 43.7 Å². The summed E-state index contributed by atoms with van der Waals surface area (Å²) in [5, 5.41) is 2.56. The zero-order chi connectivity index (χ0) is 26.5. The molecule has 2 aliphatic carbocycles. The molecule has 196 valence electrons. The van der Waals surface area contributed by atoms with Crippen LogP contribution in [-0.2, 0) is 31.5 Å². The van der Waals surface area contributed by atoms with Crippen LogP contribution in [0.25, 0.3) is 0 Å². The monoisotopic (exact) mass is 529 g/mol. The number of nitrogens with one attached hydrogen (secondary N) is 1. The number of amides is 1. The maximum absolute atomic E-state index is 14.8. The summed E-state index contributed by atoms with van der Waals surface area (Å²) in [4.78, 5) is 11.8. The maximum Gasteiger partial charge on any atom is 0.426 e. The Labute approximate surface area is 207 Å². The van der Waals surface area contributed by atoms with Crippen LogP contribution in [0.15, 0.2) is 47.4 Å². The summed E-state index contributed by atoms with van der Waals surface area (Å²) < 4.78 is 95.4. The molecule has 0 aromatic heterocycles. The first-order valence-electron chi connectivity index (χ1n) is 11.9. The van der Waals surface area contributed by atoms with E-state index in [4.69, 9.17) is 0 Å². The fourth-order valence-corrected chi connectivity index (χ4v) is 8.54. The Kier molecular flexibility index (Phi) is 6.73. The van der Waals surface area contributed by atoms with Crippen LogP contribution < -0.4 is 5.32 Å². The Morgan fingerprint density at radius 2 is 1.75 bits per heavy atom. The normalized spacial score (nSPS) is 25.5. The van der Waals surface area contributed by atoms with Crippen molar-refractivity contribution in [2.75, 3.05) is 7.05 Å². The molecular formula is C26H28F5NO3S. The lowest BCUT2D eigenvalue weighted by molar-refractivity contribution is -0.228. The minimum atomic E-state index is -5.13. The minimum Gasteiger partial charge on any atom is -0.359 e. The molecule has 10 heteroatoms. The van der Waals surface area contributed by atoms with Gasteiger partial charge in [-0.3, -0.25) is 4.79 Å². The van der Waals surface area contributed by atoms with Gasteiger partial charge in [0, 0.05) is 13.5 Å². The molecule has 0 heterocycles. The number of rotatable bonds is 6. The third-order valence-electron chi connectivity index (χ3n) is 8.04. The molecule has 2 aliphatic rings. The van der Waals surface area contributed by atoms with Gasteiger partial charge in [0.1, 0.15) is 10.6 Å². The number of halogens is 5. The van der Waals surface area contributed by atoms with E-state index in [1.807, 2.05) is 0 Å². The number of aryl methyl sites for hydroxylation is 1. The molecule has 0 spiro atoms. The van der Waals surface area contributed by atoms with E-state index in [2.05, 4.69) is 5.32 Å².